The van der Waals surface area contributed by atoms with E-state index in [0.717, 1.165) is 0 Å². The largest absolute Gasteiger partial charge is 0.346 e. The number of nitrogens with zero attached hydrogens (tertiary/aromatic N) is 2. The summed E-state index contributed by atoms with van der Waals surface area (Å²) in [5.41, 5.74) is 7.91. The zero-order valence-electron chi connectivity index (χ0n) is 19.5. The Bertz CT molecular complexity index is 1240. The van der Waals surface area contributed by atoms with Gasteiger partial charge in [0, 0.05) is 11.4 Å². The quantitative estimate of drug-likeness (QED) is 0.354. The van der Waals surface area contributed by atoms with Crippen LogP contribution in [0, 0.1) is 6.92 Å². The molecule has 0 amide bonds. The standard InChI is InChI=1S/C31H30N2/c1-22-14-10-12-20-28(22)32-23(2)30-31(25-15-6-4-7-16-25,26-17-8-5-9-18-26)27-19-11-13-21-29(27)33(30)24(32)3/h4-21,23-24,30H,1-3H3/t23-,24?,30?/m0/s1. The molecule has 0 radical (unpaired) electrons. The van der Waals surface area contributed by atoms with Crippen LogP contribution in [0.3, 0.4) is 0 Å². The van der Waals surface area contributed by atoms with E-state index >= 15 is 0 Å². The summed E-state index contributed by atoms with van der Waals surface area (Å²) in [6, 6.07) is 40.8. The second-order valence-electron chi connectivity index (χ2n) is 9.48. The molecule has 164 valence electrons. The van der Waals surface area contributed by atoms with Gasteiger partial charge in [0.25, 0.3) is 0 Å². The van der Waals surface area contributed by atoms with Crippen molar-refractivity contribution in [1.82, 2.24) is 0 Å². The number of hydrogen-bond acceptors (Lipinski definition) is 2. The van der Waals surface area contributed by atoms with E-state index in [0.29, 0.717) is 6.04 Å². The van der Waals surface area contributed by atoms with Crippen LogP contribution < -0.4 is 9.80 Å². The predicted octanol–water partition coefficient (Wildman–Crippen LogP) is 6.77. The molecule has 0 aromatic heterocycles. The summed E-state index contributed by atoms with van der Waals surface area (Å²) < 4.78 is 0. The van der Waals surface area contributed by atoms with Gasteiger partial charge in [-0.1, -0.05) is 97.1 Å². The van der Waals surface area contributed by atoms with Crippen LogP contribution in [-0.2, 0) is 5.41 Å². The molecule has 0 saturated carbocycles. The highest BCUT2D eigenvalue weighted by Gasteiger charge is 2.61. The number of fused-ring (bicyclic) bond motifs is 3. The van der Waals surface area contributed by atoms with E-state index in [-0.39, 0.29) is 17.6 Å². The summed E-state index contributed by atoms with van der Waals surface area (Å²) in [6.07, 6.45) is 0.251. The van der Waals surface area contributed by atoms with Crippen LogP contribution >= 0.6 is 0 Å². The molecule has 1 saturated heterocycles. The van der Waals surface area contributed by atoms with Gasteiger partial charge in [0.2, 0.25) is 0 Å². The second kappa shape index (κ2) is 7.52. The van der Waals surface area contributed by atoms with Crippen molar-refractivity contribution in [1.29, 1.82) is 0 Å². The van der Waals surface area contributed by atoms with Gasteiger partial charge in [0.15, 0.2) is 0 Å². The molecule has 0 aliphatic carbocycles. The molecule has 4 aromatic carbocycles. The van der Waals surface area contributed by atoms with Crippen molar-refractivity contribution in [2.75, 3.05) is 9.80 Å². The van der Waals surface area contributed by atoms with E-state index in [1.165, 1.54) is 33.6 Å². The van der Waals surface area contributed by atoms with Crippen molar-refractivity contribution in [2.24, 2.45) is 0 Å². The molecule has 2 aliphatic rings. The van der Waals surface area contributed by atoms with Gasteiger partial charge in [-0.2, -0.15) is 0 Å². The Balaban J connectivity index is 1.66. The summed E-state index contributed by atoms with van der Waals surface area (Å²) >= 11 is 0. The summed E-state index contributed by atoms with van der Waals surface area (Å²) in [6.45, 7) is 7.01. The van der Waals surface area contributed by atoms with E-state index < -0.39 is 0 Å². The van der Waals surface area contributed by atoms with Crippen molar-refractivity contribution in [3.05, 3.63) is 131 Å². The van der Waals surface area contributed by atoms with Gasteiger partial charge in [-0.15, -0.1) is 0 Å². The minimum absolute atomic E-state index is 0.246. The summed E-state index contributed by atoms with van der Waals surface area (Å²) in [5.74, 6) is 0. The first-order valence-electron chi connectivity index (χ1n) is 12.0. The molecule has 6 rings (SSSR count). The Kier molecular flexibility index (Phi) is 4.58. The van der Waals surface area contributed by atoms with Crippen LogP contribution in [0.4, 0.5) is 11.4 Å². The summed E-state index contributed by atoms with van der Waals surface area (Å²) in [5, 5.41) is 0. The average molecular weight is 431 g/mol. The van der Waals surface area contributed by atoms with Gasteiger partial charge in [-0.25, -0.2) is 0 Å². The van der Waals surface area contributed by atoms with E-state index in [2.05, 4.69) is 140 Å². The van der Waals surface area contributed by atoms with Crippen LogP contribution in [0.25, 0.3) is 0 Å². The smallest absolute Gasteiger partial charge is 0.0995 e. The highest BCUT2D eigenvalue weighted by molar-refractivity contribution is 5.77. The number of aryl methyl sites for hydroxylation is 1. The third kappa shape index (κ3) is 2.67. The van der Waals surface area contributed by atoms with Crippen molar-refractivity contribution in [3.63, 3.8) is 0 Å². The molecule has 2 nitrogen and oxygen atoms in total. The lowest BCUT2D eigenvalue weighted by Crippen LogP contribution is -2.49. The van der Waals surface area contributed by atoms with Gasteiger partial charge in [0.1, 0.15) is 0 Å². The number of hydrogen-bond donors (Lipinski definition) is 0. The highest BCUT2D eigenvalue weighted by atomic mass is 15.5. The molecule has 2 unspecified atom stereocenters. The third-order valence-electron chi connectivity index (χ3n) is 7.90. The van der Waals surface area contributed by atoms with Crippen LogP contribution in [0.1, 0.15) is 36.1 Å². The molecule has 2 heterocycles. The van der Waals surface area contributed by atoms with Gasteiger partial charge in [0.05, 0.1) is 23.7 Å². The molecule has 0 spiro atoms. The molecule has 2 aliphatic heterocycles. The second-order valence-corrected chi connectivity index (χ2v) is 9.48. The maximum Gasteiger partial charge on any atom is 0.0995 e. The zero-order valence-corrected chi connectivity index (χ0v) is 19.5. The van der Waals surface area contributed by atoms with Crippen LogP contribution in [-0.4, -0.2) is 18.2 Å². The van der Waals surface area contributed by atoms with Gasteiger partial charge in [-0.05, 0) is 55.2 Å². The maximum atomic E-state index is 2.69. The Hall–Kier alpha value is -3.52. The van der Waals surface area contributed by atoms with Crippen LogP contribution in [0.5, 0.6) is 0 Å². The van der Waals surface area contributed by atoms with E-state index in [1.54, 1.807) is 0 Å². The Morgan fingerprint density at radius 1 is 0.576 bits per heavy atom. The molecule has 3 atom stereocenters. The van der Waals surface area contributed by atoms with E-state index in [1.807, 2.05) is 0 Å². The van der Waals surface area contributed by atoms with Crippen molar-refractivity contribution < 1.29 is 0 Å². The van der Waals surface area contributed by atoms with Crippen molar-refractivity contribution in [2.45, 2.75) is 44.4 Å². The van der Waals surface area contributed by atoms with Crippen molar-refractivity contribution in [3.8, 4) is 0 Å². The molecule has 0 bridgehead atoms. The van der Waals surface area contributed by atoms with Gasteiger partial charge >= 0.3 is 0 Å². The van der Waals surface area contributed by atoms with Gasteiger partial charge in [-0.3, -0.25) is 0 Å². The van der Waals surface area contributed by atoms with Crippen LogP contribution in [0.2, 0.25) is 0 Å². The fraction of sp³-hybridized carbons (Fsp3) is 0.226. The topological polar surface area (TPSA) is 6.48 Å². The molecule has 1 fully saturated rings. The first-order valence-corrected chi connectivity index (χ1v) is 12.0. The molecule has 4 aromatic rings. The lowest BCUT2D eigenvalue weighted by Gasteiger charge is -2.40. The molecule has 2 heteroatoms. The van der Waals surface area contributed by atoms with E-state index in [4.69, 9.17) is 0 Å². The minimum Gasteiger partial charge on any atom is -0.346 e. The lowest BCUT2D eigenvalue weighted by atomic mass is 9.65. The summed E-state index contributed by atoms with van der Waals surface area (Å²) in [4.78, 5) is 5.32. The third-order valence-corrected chi connectivity index (χ3v) is 7.90. The SMILES string of the molecule is Cc1ccccc1N1C(C)N2c3ccccc3C(c3ccccc3)(c3ccccc3)C2[C@@H]1C. The normalized spacial score (nSPS) is 22.8. The maximum absolute atomic E-state index is 2.69. The highest BCUT2D eigenvalue weighted by Crippen LogP contribution is 2.58. The number of rotatable bonds is 3. The van der Waals surface area contributed by atoms with Gasteiger partial charge < -0.3 is 9.80 Å². The fourth-order valence-electron chi connectivity index (χ4n) is 6.70. The Morgan fingerprint density at radius 3 is 1.70 bits per heavy atom. The Morgan fingerprint density at radius 2 is 1.09 bits per heavy atom. The average Bonchev–Trinajstić information content (AvgIpc) is 3.31. The monoisotopic (exact) mass is 430 g/mol. The van der Waals surface area contributed by atoms with E-state index in [9.17, 15) is 0 Å². The number of benzene rings is 4. The lowest BCUT2D eigenvalue weighted by molar-refractivity contribution is 0.470. The molecular weight excluding hydrogens is 400 g/mol. The molecule has 33 heavy (non-hydrogen) atoms. The van der Waals surface area contributed by atoms with Crippen LogP contribution in [0.15, 0.2) is 109 Å². The zero-order chi connectivity index (χ0) is 22.6. The molecule has 0 N–H and O–H groups in total. The first-order chi connectivity index (χ1) is 16.2. The first kappa shape index (κ1) is 20.1. The fourth-order valence-corrected chi connectivity index (χ4v) is 6.70. The number of para-hydroxylation sites is 2. The Labute approximate surface area is 197 Å². The minimum atomic E-state index is -0.246. The number of anilines is 2. The molecular formula is C31H30N2. The van der Waals surface area contributed by atoms with Crippen molar-refractivity contribution >= 4 is 11.4 Å². The summed E-state index contributed by atoms with van der Waals surface area (Å²) in [7, 11) is 0. The predicted molar refractivity (Wildman–Crippen MR) is 138 cm³/mol.